The fourth-order valence-electron chi connectivity index (χ4n) is 1.96. The van der Waals surface area contributed by atoms with Crippen molar-refractivity contribution in [2.75, 3.05) is 13.2 Å². The zero-order valence-corrected chi connectivity index (χ0v) is 12.4. The Kier molecular flexibility index (Phi) is 5.75. The number of aryl methyl sites for hydroxylation is 1. The smallest absolute Gasteiger partial charge is 0.126 e. The molecule has 0 atom stereocenters. The maximum atomic E-state index is 5.92. The largest absolute Gasteiger partial charge is 0.493 e. The summed E-state index contributed by atoms with van der Waals surface area (Å²) >= 11 is 5.92. The van der Waals surface area contributed by atoms with E-state index in [2.05, 4.69) is 0 Å². The van der Waals surface area contributed by atoms with Gasteiger partial charge in [0.25, 0.3) is 0 Å². The lowest BCUT2D eigenvalue weighted by Crippen LogP contribution is -2.06. The van der Waals surface area contributed by atoms with Crippen LogP contribution in [0.2, 0.25) is 0 Å². The Balaban J connectivity index is 1.76. The number of benzene rings is 2. The molecule has 0 bridgehead atoms. The monoisotopic (exact) mass is 290 g/mol. The molecule has 0 unspecified atom stereocenters. The van der Waals surface area contributed by atoms with E-state index < -0.39 is 0 Å². The highest BCUT2D eigenvalue weighted by molar-refractivity contribution is 6.17. The van der Waals surface area contributed by atoms with E-state index in [0.717, 1.165) is 29.0 Å². The molecule has 2 rings (SSSR count). The predicted octanol–water partition coefficient (Wildman–Crippen LogP) is 4.58. The van der Waals surface area contributed by atoms with Gasteiger partial charge in [0.2, 0.25) is 0 Å². The van der Waals surface area contributed by atoms with Crippen molar-refractivity contribution in [3.05, 3.63) is 59.7 Å². The minimum absolute atomic E-state index is 0.470. The van der Waals surface area contributed by atoms with Crippen molar-refractivity contribution in [3.63, 3.8) is 0 Å². The third-order valence-corrected chi connectivity index (χ3v) is 3.27. The van der Waals surface area contributed by atoms with Crippen LogP contribution in [0.1, 0.15) is 17.5 Å². The first kappa shape index (κ1) is 14.7. The van der Waals surface area contributed by atoms with Crippen LogP contribution in [-0.4, -0.2) is 13.2 Å². The van der Waals surface area contributed by atoms with Crippen LogP contribution in [0.5, 0.6) is 11.5 Å². The maximum Gasteiger partial charge on any atom is 0.126 e. The molecule has 0 aliphatic heterocycles. The topological polar surface area (TPSA) is 18.5 Å². The Bertz CT molecular complexity index is 526. The van der Waals surface area contributed by atoms with E-state index in [1.54, 1.807) is 0 Å². The highest BCUT2D eigenvalue weighted by Gasteiger charge is 2.05. The van der Waals surface area contributed by atoms with Gasteiger partial charge in [0.05, 0.1) is 19.1 Å². The second kappa shape index (κ2) is 7.81. The molecule has 0 spiro atoms. The molecular formula is C17H19ClO2. The third-order valence-electron chi connectivity index (χ3n) is 2.98. The van der Waals surface area contributed by atoms with Crippen molar-refractivity contribution < 1.29 is 9.47 Å². The summed E-state index contributed by atoms with van der Waals surface area (Å²) < 4.78 is 11.5. The van der Waals surface area contributed by atoms with E-state index in [4.69, 9.17) is 21.1 Å². The molecule has 2 nitrogen and oxygen atoms in total. The van der Waals surface area contributed by atoms with Gasteiger partial charge in [-0.05, 0) is 24.6 Å². The molecule has 0 aliphatic rings. The number of halogens is 1. The Labute approximate surface area is 125 Å². The van der Waals surface area contributed by atoms with Crippen molar-refractivity contribution in [2.45, 2.75) is 19.2 Å². The lowest BCUT2D eigenvalue weighted by Gasteiger charge is -2.13. The van der Waals surface area contributed by atoms with Crippen molar-refractivity contribution >= 4 is 11.6 Å². The van der Waals surface area contributed by atoms with Crippen LogP contribution in [-0.2, 0) is 5.88 Å². The molecule has 2 aromatic carbocycles. The molecule has 2 aromatic rings. The molecule has 0 amide bonds. The summed E-state index contributed by atoms with van der Waals surface area (Å²) in [5.41, 5.74) is 2.16. The Hall–Kier alpha value is -1.67. The standard InChI is InChI=1S/C17H19ClO2/c1-14-7-5-8-15(13-18)17(14)20-12-6-11-19-16-9-3-2-4-10-16/h2-5,7-10H,6,11-13H2,1H3. The first-order valence-corrected chi connectivity index (χ1v) is 7.30. The summed E-state index contributed by atoms with van der Waals surface area (Å²) in [6, 6.07) is 15.8. The molecule has 0 saturated heterocycles. The average molecular weight is 291 g/mol. The first-order valence-electron chi connectivity index (χ1n) is 6.76. The number of rotatable bonds is 7. The van der Waals surface area contributed by atoms with Gasteiger partial charge in [-0.25, -0.2) is 0 Å². The third kappa shape index (κ3) is 4.17. The molecule has 0 heterocycles. The Morgan fingerprint density at radius 1 is 0.900 bits per heavy atom. The lowest BCUT2D eigenvalue weighted by molar-refractivity contribution is 0.245. The van der Waals surface area contributed by atoms with Gasteiger partial charge in [-0.1, -0.05) is 36.4 Å². The summed E-state index contributed by atoms with van der Waals surface area (Å²) in [5.74, 6) is 2.27. The summed E-state index contributed by atoms with van der Waals surface area (Å²) in [6.45, 7) is 3.31. The fraction of sp³-hybridized carbons (Fsp3) is 0.294. The lowest BCUT2D eigenvalue weighted by atomic mass is 10.1. The number of alkyl halides is 1. The van der Waals surface area contributed by atoms with Crippen LogP contribution in [0.4, 0.5) is 0 Å². The SMILES string of the molecule is Cc1cccc(CCl)c1OCCCOc1ccccc1. The van der Waals surface area contributed by atoms with Gasteiger partial charge in [0.1, 0.15) is 11.5 Å². The van der Waals surface area contributed by atoms with Gasteiger partial charge in [-0.2, -0.15) is 0 Å². The van der Waals surface area contributed by atoms with Gasteiger partial charge >= 0.3 is 0 Å². The van der Waals surface area contributed by atoms with Crippen molar-refractivity contribution in [3.8, 4) is 11.5 Å². The maximum absolute atomic E-state index is 5.92. The van der Waals surface area contributed by atoms with Crippen molar-refractivity contribution in [1.29, 1.82) is 0 Å². The van der Waals surface area contributed by atoms with Crippen molar-refractivity contribution in [2.24, 2.45) is 0 Å². The Morgan fingerprint density at radius 2 is 1.65 bits per heavy atom. The number of hydrogen-bond donors (Lipinski definition) is 0. The summed E-state index contributed by atoms with van der Waals surface area (Å²) in [4.78, 5) is 0. The van der Waals surface area contributed by atoms with E-state index in [1.807, 2.05) is 55.5 Å². The zero-order valence-electron chi connectivity index (χ0n) is 11.6. The number of ether oxygens (including phenoxy) is 2. The summed E-state index contributed by atoms with van der Waals surface area (Å²) in [6.07, 6.45) is 0.838. The minimum Gasteiger partial charge on any atom is -0.493 e. The highest BCUT2D eigenvalue weighted by atomic mass is 35.5. The molecule has 0 fully saturated rings. The second-order valence-electron chi connectivity index (χ2n) is 4.56. The minimum atomic E-state index is 0.470. The molecule has 3 heteroatoms. The van der Waals surface area contributed by atoms with Crippen LogP contribution in [0, 0.1) is 6.92 Å². The van der Waals surface area contributed by atoms with E-state index in [0.29, 0.717) is 19.1 Å². The van der Waals surface area contributed by atoms with Crippen LogP contribution in [0.3, 0.4) is 0 Å². The quantitative estimate of drug-likeness (QED) is 0.549. The molecule has 0 aromatic heterocycles. The number of para-hydroxylation sites is 2. The molecular weight excluding hydrogens is 272 g/mol. The van der Waals surface area contributed by atoms with Gasteiger partial charge in [0.15, 0.2) is 0 Å². The van der Waals surface area contributed by atoms with E-state index >= 15 is 0 Å². The summed E-state index contributed by atoms with van der Waals surface area (Å²) in [7, 11) is 0. The normalized spacial score (nSPS) is 10.3. The van der Waals surface area contributed by atoms with Crippen LogP contribution in [0.25, 0.3) is 0 Å². The van der Waals surface area contributed by atoms with Crippen molar-refractivity contribution in [1.82, 2.24) is 0 Å². The van der Waals surface area contributed by atoms with Gasteiger partial charge < -0.3 is 9.47 Å². The zero-order chi connectivity index (χ0) is 14.2. The second-order valence-corrected chi connectivity index (χ2v) is 4.83. The molecule has 0 saturated carbocycles. The molecule has 0 aliphatic carbocycles. The Morgan fingerprint density at radius 3 is 2.40 bits per heavy atom. The van der Waals surface area contributed by atoms with E-state index in [1.165, 1.54) is 0 Å². The predicted molar refractivity (Wildman–Crippen MR) is 82.8 cm³/mol. The highest BCUT2D eigenvalue weighted by Crippen LogP contribution is 2.25. The van der Waals surface area contributed by atoms with E-state index in [9.17, 15) is 0 Å². The molecule has 20 heavy (non-hydrogen) atoms. The summed E-state index contributed by atoms with van der Waals surface area (Å²) in [5, 5.41) is 0. The fourth-order valence-corrected chi connectivity index (χ4v) is 2.18. The molecule has 0 N–H and O–H groups in total. The molecule has 0 radical (unpaired) electrons. The van der Waals surface area contributed by atoms with Gasteiger partial charge in [0, 0.05) is 12.0 Å². The number of hydrogen-bond acceptors (Lipinski definition) is 2. The first-order chi connectivity index (χ1) is 9.81. The van der Waals surface area contributed by atoms with Crippen LogP contribution in [0.15, 0.2) is 48.5 Å². The van der Waals surface area contributed by atoms with E-state index in [-0.39, 0.29) is 0 Å². The van der Waals surface area contributed by atoms with Crippen LogP contribution < -0.4 is 9.47 Å². The van der Waals surface area contributed by atoms with Gasteiger partial charge in [-0.15, -0.1) is 11.6 Å². The average Bonchev–Trinajstić information content (AvgIpc) is 2.49. The molecule has 106 valence electrons. The van der Waals surface area contributed by atoms with Crippen LogP contribution >= 0.6 is 11.6 Å². The van der Waals surface area contributed by atoms with Gasteiger partial charge in [-0.3, -0.25) is 0 Å².